The molecule has 0 aliphatic carbocycles. The van der Waals surface area contributed by atoms with Crippen LogP contribution in [0.2, 0.25) is 0 Å². The molecule has 2 fully saturated rings. The SMILES string of the molecule is O=C(CN1CCCC1c1ccsc1)Nc1ccc(N2CCCCC2)cc1. The zero-order valence-corrected chi connectivity index (χ0v) is 16.0. The predicted molar refractivity (Wildman–Crippen MR) is 109 cm³/mol. The first-order chi connectivity index (χ1) is 12.8. The first-order valence-corrected chi connectivity index (χ1v) is 10.6. The summed E-state index contributed by atoms with van der Waals surface area (Å²) in [6, 6.07) is 10.9. The molecule has 138 valence electrons. The number of nitrogens with zero attached hydrogens (tertiary/aromatic N) is 2. The molecule has 0 saturated carbocycles. The first kappa shape index (κ1) is 17.6. The molecule has 1 aromatic heterocycles. The van der Waals surface area contributed by atoms with Crippen molar-refractivity contribution in [2.24, 2.45) is 0 Å². The summed E-state index contributed by atoms with van der Waals surface area (Å²) in [6.07, 6.45) is 6.21. The van der Waals surface area contributed by atoms with Crippen molar-refractivity contribution in [2.45, 2.75) is 38.1 Å². The highest BCUT2D eigenvalue weighted by molar-refractivity contribution is 7.07. The van der Waals surface area contributed by atoms with Gasteiger partial charge in [-0.25, -0.2) is 0 Å². The molecule has 0 bridgehead atoms. The molecular weight excluding hydrogens is 342 g/mol. The van der Waals surface area contributed by atoms with Crippen molar-refractivity contribution in [3.05, 3.63) is 46.7 Å². The normalized spacial score (nSPS) is 21.1. The molecular formula is C21H27N3OS. The van der Waals surface area contributed by atoms with E-state index in [1.807, 2.05) is 12.1 Å². The minimum atomic E-state index is 0.0813. The number of rotatable bonds is 5. The number of benzene rings is 1. The van der Waals surface area contributed by atoms with Crippen molar-refractivity contribution in [1.29, 1.82) is 0 Å². The monoisotopic (exact) mass is 369 g/mol. The van der Waals surface area contributed by atoms with Gasteiger partial charge in [-0.05, 0) is 85.3 Å². The van der Waals surface area contributed by atoms with E-state index in [-0.39, 0.29) is 5.91 Å². The number of carbonyl (C=O) groups is 1. The maximum Gasteiger partial charge on any atom is 0.238 e. The van der Waals surface area contributed by atoms with Crippen LogP contribution in [0.1, 0.15) is 43.7 Å². The van der Waals surface area contributed by atoms with Crippen LogP contribution in [-0.2, 0) is 4.79 Å². The first-order valence-electron chi connectivity index (χ1n) is 9.70. The largest absolute Gasteiger partial charge is 0.372 e. The van der Waals surface area contributed by atoms with E-state index in [9.17, 15) is 4.79 Å². The van der Waals surface area contributed by atoms with Crippen LogP contribution in [0, 0.1) is 0 Å². The molecule has 1 aromatic carbocycles. The Labute approximate surface area is 159 Å². The minimum Gasteiger partial charge on any atom is -0.372 e. The van der Waals surface area contributed by atoms with Gasteiger partial charge < -0.3 is 10.2 Å². The maximum atomic E-state index is 12.5. The summed E-state index contributed by atoms with van der Waals surface area (Å²) in [5.74, 6) is 0.0813. The molecule has 4 nitrogen and oxygen atoms in total. The number of likely N-dealkylation sites (tertiary alicyclic amines) is 1. The van der Waals surface area contributed by atoms with E-state index >= 15 is 0 Å². The number of hydrogen-bond donors (Lipinski definition) is 1. The number of piperidine rings is 1. The van der Waals surface area contributed by atoms with Crippen LogP contribution in [-0.4, -0.2) is 37.0 Å². The Morgan fingerprint density at radius 1 is 1.04 bits per heavy atom. The lowest BCUT2D eigenvalue weighted by atomic mass is 10.1. The van der Waals surface area contributed by atoms with Crippen LogP contribution in [0.4, 0.5) is 11.4 Å². The average Bonchev–Trinajstić information content (AvgIpc) is 3.34. The Kier molecular flexibility index (Phi) is 5.56. The van der Waals surface area contributed by atoms with E-state index in [2.05, 4.69) is 44.1 Å². The van der Waals surface area contributed by atoms with Gasteiger partial charge in [-0.2, -0.15) is 11.3 Å². The molecule has 2 aromatic rings. The van der Waals surface area contributed by atoms with Crippen molar-refractivity contribution in [3.63, 3.8) is 0 Å². The third kappa shape index (κ3) is 4.10. The molecule has 2 aliphatic rings. The van der Waals surface area contributed by atoms with E-state index in [1.165, 1.54) is 36.9 Å². The summed E-state index contributed by atoms with van der Waals surface area (Å²) >= 11 is 1.73. The lowest BCUT2D eigenvalue weighted by Gasteiger charge is -2.29. The quantitative estimate of drug-likeness (QED) is 0.842. The van der Waals surface area contributed by atoms with Crippen LogP contribution in [0.5, 0.6) is 0 Å². The molecule has 2 saturated heterocycles. The highest BCUT2D eigenvalue weighted by atomic mass is 32.1. The van der Waals surface area contributed by atoms with E-state index < -0.39 is 0 Å². The zero-order valence-electron chi connectivity index (χ0n) is 15.2. The molecule has 0 radical (unpaired) electrons. The Hall–Kier alpha value is -1.85. The van der Waals surface area contributed by atoms with Crippen molar-refractivity contribution >= 4 is 28.6 Å². The van der Waals surface area contributed by atoms with Gasteiger partial charge >= 0.3 is 0 Å². The van der Waals surface area contributed by atoms with Gasteiger partial charge in [-0.15, -0.1) is 0 Å². The summed E-state index contributed by atoms with van der Waals surface area (Å²) in [7, 11) is 0. The second-order valence-corrected chi connectivity index (χ2v) is 8.11. The Balaban J connectivity index is 1.33. The smallest absolute Gasteiger partial charge is 0.238 e. The molecule has 1 atom stereocenters. The summed E-state index contributed by atoms with van der Waals surface area (Å²) in [5.41, 5.74) is 3.51. The van der Waals surface area contributed by atoms with Crippen LogP contribution in [0.3, 0.4) is 0 Å². The number of amides is 1. The second kappa shape index (κ2) is 8.23. The summed E-state index contributed by atoms with van der Waals surface area (Å²) < 4.78 is 0. The molecule has 5 heteroatoms. The van der Waals surface area contributed by atoms with E-state index in [1.54, 1.807) is 11.3 Å². The average molecular weight is 370 g/mol. The molecule has 1 unspecified atom stereocenters. The molecule has 3 heterocycles. The van der Waals surface area contributed by atoms with Gasteiger partial charge in [0.1, 0.15) is 0 Å². The molecule has 26 heavy (non-hydrogen) atoms. The Morgan fingerprint density at radius 3 is 2.58 bits per heavy atom. The van der Waals surface area contributed by atoms with Crippen LogP contribution in [0.15, 0.2) is 41.1 Å². The lowest BCUT2D eigenvalue weighted by Crippen LogP contribution is -2.32. The van der Waals surface area contributed by atoms with Gasteiger partial charge in [0.2, 0.25) is 5.91 Å². The number of thiophene rings is 1. The fraction of sp³-hybridized carbons (Fsp3) is 0.476. The fourth-order valence-corrected chi connectivity index (χ4v) is 4.86. The number of anilines is 2. The minimum absolute atomic E-state index is 0.0813. The van der Waals surface area contributed by atoms with Crippen molar-refractivity contribution in [3.8, 4) is 0 Å². The van der Waals surface area contributed by atoms with Gasteiger partial charge in [0, 0.05) is 30.5 Å². The molecule has 1 N–H and O–H groups in total. The van der Waals surface area contributed by atoms with Crippen molar-refractivity contribution in [2.75, 3.05) is 36.4 Å². The van der Waals surface area contributed by atoms with Crippen molar-refractivity contribution < 1.29 is 4.79 Å². The highest BCUT2D eigenvalue weighted by Crippen LogP contribution is 2.32. The summed E-state index contributed by atoms with van der Waals surface area (Å²) in [5, 5.41) is 7.40. The fourth-order valence-electron chi connectivity index (χ4n) is 4.15. The number of carbonyl (C=O) groups excluding carboxylic acids is 1. The van der Waals surface area contributed by atoms with Crippen LogP contribution >= 0.6 is 11.3 Å². The molecule has 2 aliphatic heterocycles. The molecule has 4 rings (SSSR count). The second-order valence-electron chi connectivity index (χ2n) is 7.33. The highest BCUT2D eigenvalue weighted by Gasteiger charge is 2.27. The summed E-state index contributed by atoms with van der Waals surface area (Å²) in [6.45, 7) is 3.76. The van der Waals surface area contributed by atoms with Crippen LogP contribution < -0.4 is 10.2 Å². The molecule has 1 amide bonds. The number of nitrogens with one attached hydrogen (secondary N) is 1. The van der Waals surface area contributed by atoms with Gasteiger partial charge in [0.05, 0.1) is 6.54 Å². The summed E-state index contributed by atoms with van der Waals surface area (Å²) in [4.78, 5) is 17.2. The van der Waals surface area contributed by atoms with Gasteiger partial charge in [-0.1, -0.05) is 0 Å². The molecule has 0 spiro atoms. The van der Waals surface area contributed by atoms with E-state index in [0.717, 1.165) is 31.7 Å². The standard InChI is InChI=1S/C21H27N3OS/c25-21(15-24-13-4-5-20(24)17-10-14-26-16-17)22-18-6-8-19(9-7-18)23-11-2-1-3-12-23/h6-10,14,16,20H,1-5,11-13,15H2,(H,22,25). The number of hydrogen-bond acceptors (Lipinski definition) is 4. The zero-order chi connectivity index (χ0) is 17.8. The van der Waals surface area contributed by atoms with Gasteiger partial charge in [0.25, 0.3) is 0 Å². The van der Waals surface area contributed by atoms with Crippen LogP contribution in [0.25, 0.3) is 0 Å². The Bertz CT molecular complexity index is 707. The topological polar surface area (TPSA) is 35.6 Å². The van der Waals surface area contributed by atoms with E-state index in [0.29, 0.717) is 12.6 Å². The maximum absolute atomic E-state index is 12.5. The lowest BCUT2D eigenvalue weighted by molar-refractivity contribution is -0.117. The third-order valence-electron chi connectivity index (χ3n) is 5.51. The van der Waals surface area contributed by atoms with Crippen molar-refractivity contribution in [1.82, 2.24) is 4.90 Å². The third-order valence-corrected chi connectivity index (χ3v) is 6.21. The van der Waals surface area contributed by atoms with Gasteiger partial charge in [-0.3, -0.25) is 9.69 Å². The predicted octanol–water partition coefficient (Wildman–Crippen LogP) is 4.51. The Morgan fingerprint density at radius 2 is 1.85 bits per heavy atom. The van der Waals surface area contributed by atoms with Gasteiger partial charge in [0.15, 0.2) is 0 Å². The van der Waals surface area contributed by atoms with E-state index in [4.69, 9.17) is 0 Å².